The molecule has 3 heterocycles. The molecule has 2 N–H and O–H groups in total. The molecule has 0 aromatic carbocycles. The van der Waals surface area contributed by atoms with Crippen molar-refractivity contribution in [3.8, 4) is 11.4 Å². The molecule has 4 rings (SSSR count). The molecule has 0 spiro atoms. The van der Waals surface area contributed by atoms with E-state index in [1.54, 1.807) is 12.4 Å². The second-order valence-electron chi connectivity index (χ2n) is 7.36. The van der Waals surface area contributed by atoms with Gasteiger partial charge in [-0.1, -0.05) is 13.3 Å². The Morgan fingerprint density at radius 1 is 1.18 bits per heavy atom. The first-order valence-corrected chi connectivity index (χ1v) is 9.64. The van der Waals surface area contributed by atoms with E-state index in [9.17, 15) is 9.90 Å². The number of hydrogen-bond donors (Lipinski definition) is 2. The number of nitrogens with zero attached hydrogens (tertiary/aromatic N) is 4. The van der Waals surface area contributed by atoms with E-state index < -0.39 is 6.10 Å². The number of aliphatic hydroxyl groups excluding tert-OH is 1. The van der Waals surface area contributed by atoms with Crippen LogP contribution in [0.15, 0.2) is 30.6 Å². The maximum atomic E-state index is 11.9. The molecule has 0 aliphatic heterocycles. The van der Waals surface area contributed by atoms with Gasteiger partial charge in [-0.05, 0) is 49.9 Å². The fourth-order valence-corrected chi connectivity index (χ4v) is 3.15. The van der Waals surface area contributed by atoms with Crippen LogP contribution in [0.1, 0.15) is 50.0 Å². The molecular weight excluding hydrogens is 354 g/mol. The molecule has 0 radical (unpaired) electrons. The van der Waals surface area contributed by atoms with Crippen molar-refractivity contribution in [2.75, 3.05) is 5.32 Å². The van der Waals surface area contributed by atoms with Crippen LogP contribution >= 0.6 is 0 Å². The second kappa shape index (κ2) is 7.59. The molecule has 144 valence electrons. The molecule has 28 heavy (non-hydrogen) atoms. The second-order valence-corrected chi connectivity index (χ2v) is 7.36. The monoisotopic (exact) mass is 377 g/mol. The first-order chi connectivity index (χ1) is 13.5. The van der Waals surface area contributed by atoms with E-state index in [4.69, 9.17) is 0 Å². The molecule has 1 atom stereocenters. The minimum atomic E-state index is -0.594. The van der Waals surface area contributed by atoms with Gasteiger partial charge in [0.05, 0.1) is 17.5 Å². The van der Waals surface area contributed by atoms with E-state index in [1.165, 1.54) is 0 Å². The van der Waals surface area contributed by atoms with Crippen molar-refractivity contribution in [1.29, 1.82) is 0 Å². The van der Waals surface area contributed by atoms with Crippen molar-refractivity contribution in [2.24, 2.45) is 5.92 Å². The third-order valence-electron chi connectivity index (χ3n) is 4.95. The molecule has 1 aliphatic carbocycles. The molecular formula is C21H23N5O2. The minimum Gasteiger partial charge on any atom is -0.387 e. The fourth-order valence-electron chi connectivity index (χ4n) is 3.15. The fraction of sp³-hybridized carbons (Fsp3) is 0.381. The number of fused-ring (bicyclic) bond motifs is 1. The third-order valence-corrected chi connectivity index (χ3v) is 4.95. The zero-order valence-corrected chi connectivity index (χ0v) is 16.0. The topological polar surface area (TPSA) is 101 Å². The minimum absolute atomic E-state index is 0.0349. The zero-order chi connectivity index (χ0) is 19.7. The summed E-state index contributed by atoms with van der Waals surface area (Å²) in [7, 11) is 0. The highest BCUT2D eigenvalue weighted by molar-refractivity contribution is 5.95. The van der Waals surface area contributed by atoms with Gasteiger partial charge < -0.3 is 10.4 Å². The highest BCUT2D eigenvalue weighted by atomic mass is 16.3. The Morgan fingerprint density at radius 2 is 1.93 bits per heavy atom. The van der Waals surface area contributed by atoms with Crippen molar-refractivity contribution in [3.05, 3.63) is 41.9 Å². The van der Waals surface area contributed by atoms with Crippen molar-refractivity contribution in [1.82, 2.24) is 20.2 Å². The van der Waals surface area contributed by atoms with Crippen LogP contribution in [-0.4, -0.2) is 31.2 Å². The van der Waals surface area contributed by atoms with Gasteiger partial charge in [-0.3, -0.25) is 9.78 Å². The van der Waals surface area contributed by atoms with Crippen molar-refractivity contribution in [2.45, 2.75) is 45.6 Å². The van der Waals surface area contributed by atoms with Crippen LogP contribution in [0.25, 0.3) is 22.2 Å². The van der Waals surface area contributed by atoms with Crippen molar-refractivity contribution in [3.63, 3.8) is 0 Å². The first-order valence-electron chi connectivity index (χ1n) is 9.64. The molecule has 1 saturated carbocycles. The van der Waals surface area contributed by atoms with E-state index >= 15 is 0 Å². The number of aliphatic hydroxyl groups is 1. The van der Waals surface area contributed by atoms with Gasteiger partial charge in [0, 0.05) is 29.1 Å². The maximum Gasteiger partial charge on any atom is 0.228 e. The summed E-state index contributed by atoms with van der Waals surface area (Å²) in [5, 5.41) is 23.2. The number of carbonyl (C=O) groups is 1. The average molecular weight is 377 g/mol. The molecule has 1 fully saturated rings. The largest absolute Gasteiger partial charge is 0.387 e. The highest BCUT2D eigenvalue weighted by Gasteiger charge is 2.29. The number of pyridine rings is 2. The van der Waals surface area contributed by atoms with Crippen LogP contribution < -0.4 is 5.32 Å². The number of nitrogens with one attached hydrogen (secondary N) is 1. The van der Waals surface area contributed by atoms with Crippen LogP contribution in [0.2, 0.25) is 0 Å². The summed E-state index contributed by atoms with van der Waals surface area (Å²) in [6.45, 7) is 3.96. The van der Waals surface area contributed by atoms with Crippen LogP contribution in [0.5, 0.6) is 0 Å². The van der Waals surface area contributed by atoms with E-state index in [0.717, 1.165) is 35.6 Å². The third kappa shape index (κ3) is 3.84. The standard InChI is InChI=1S/C21H23N5O2/c1-3-4-18(27)16-7-12(2)20(26-25-16)17-8-14-11-23-19(9-15(14)10-22-17)24-21(28)13-5-6-13/h7-11,13,18,27H,3-6H2,1-2H3,(H,23,24,28)/t18-/m0/s1. The Morgan fingerprint density at radius 3 is 2.64 bits per heavy atom. The number of anilines is 1. The number of aromatic nitrogens is 4. The predicted molar refractivity (Wildman–Crippen MR) is 107 cm³/mol. The summed E-state index contributed by atoms with van der Waals surface area (Å²) < 4.78 is 0. The molecule has 1 aliphatic rings. The molecule has 0 saturated heterocycles. The summed E-state index contributed by atoms with van der Waals surface area (Å²) in [6.07, 6.45) is 6.34. The highest BCUT2D eigenvalue weighted by Crippen LogP contribution is 2.30. The lowest BCUT2D eigenvalue weighted by Gasteiger charge is -2.11. The van der Waals surface area contributed by atoms with E-state index in [1.807, 2.05) is 32.0 Å². The van der Waals surface area contributed by atoms with Crippen molar-refractivity contribution >= 4 is 22.5 Å². The Bertz CT molecular complexity index is 1030. The summed E-state index contributed by atoms with van der Waals surface area (Å²) in [5.74, 6) is 0.718. The summed E-state index contributed by atoms with van der Waals surface area (Å²) in [6, 6.07) is 5.60. The van der Waals surface area contributed by atoms with E-state index in [0.29, 0.717) is 29.3 Å². The summed E-state index contributed by atoms with van der Waals surface area (Å²) >= 11 is 0. The molecule has 3 aromatic rings. The number of amides is 1. The van der Waals surface area contributed by atoms with Gasteiger partial charge in [-0.25, -0.2) is 4.98 Å². The van der Waals surface area contributed by atoms with E-state index in [2.05, 4.69) is 25.5 Å². The molecule has 7 nitrogen and oxygen atoms in total. The van der Waals surface area contributed by atoms with Crippen LogP contribution in [-0.2, 0) is 4.79 Å². The number of aryl methyl sites for hydroxylation is 1. The maximum absolute atomic E-state index is 11.9. The lowest BCUT2D eigenvalue weighted by atomic mass is 10.1. The quantitative estimate of drug-likeness (QED) is 0.681. The van der Waals surface area contributed by atoms with Crippen LogP contribution in [0, 0.1) is 12.8 Å². The first kappa shape index (κ1) is 18.4. The Hall–Kier alpha value is -2.93. The van der Waals surface area contributed by atoms with Crippen LogP contribution in [0.4, 0.5) is 5.82 Å². The van der Waals surface area contributed by atoms with Gasteiger partial charge in [0.2, 0.25) is 5.91 Å². The molecule has 1 amide bonds. The molecule has 7 heteroatoms. The van der Waals surface area contributed by atoms with Gasteiger partial charge in [0.1, 0.15) is 11.5 Å². The zero-order valence-electron chi connectivity index (χ0n) is 16.0. The van der Waals surface area contributed by atoms with Crippen molar-refractivity contribution < 1.29 is 9.90 Å². The lowest BCUT2D eigenvalue weighted by molar-refractivity contribution is -0.117. The Kier molecular flexibility index (Phi) is 5.00. The Labute approximate surface area is 163 Å². The van der Waals surface area contributed by atoms with E-state index in [-0.39, 0.29) is 11.8 Å². The number of hydrogen-bond acceptors (Lipinski definition) is 6. The predicted octanol–water partition coefficient (Wildman–Crippen LogP) is 3.58. The van der Waals surface area contributed by atoms with Gasteiger partial charge in [-0.2, -0.15) is 5.10 Å². The van der Waals surface area contributed by atoms with Crippen LogP contribution in [0.3, 0.4) is 0 Å². The molecule has 0 unspecified atom stereocenters. The lowest BCUT2D eigenvalue weighted by Crippen LogP contribution is -2.14. The SMILES string of the molecule is CCC[C@H](O)c1cc(C)c(-c2cc3cnc(NC(=O)C4CC4)cc3cn2)nn1. The van der Waals surface area contributed by atoms with Gasteiger partial charge in [0.15, 0.2) is 0 Å². The van der Waals surface area contributed by atoms with Gasteiger partial charge in [0.25, 0.3) is 0 Å². The number of carbonyl (C=O) groups excluding carboxylic acids is 1. The summed E-state index contributed by atoms with van der Waals surface area (Å²) in [5.41, 5.74) is 2.88. The molecule has 0 bridgehead atoms. The number of rotatable bonds is 6. The normalized spacial score (nSPS) is 14.8. The van der Waals surface area contributed by atoms with Gasteiger partial charge in [-0.15, -0.1) is 5.10 Å². The average Bonchev–Trinajstić information content (AvgIpc) is 3.53. The smallest absolute Gasteiger partial charge is 0.228 e. The van der Waals surface area contributed by atoms with Gasteiger partial charge >= 0.3 is 0 Å². The summed E-state index contributed by atoms with van der Waals surface area (Å²) in [4.78, 5) is 20.8. The Balaban J connectivity index is 1.59. The molecule has 3 aromatic heterocycles.